The lowest BCUT2D eigenvalue weighted by atomic mass is 10.1. The molecule has 1 fully saturated rings. The van der Waals surface area contributed by atoms with E-state index in [1.807, 2.05) is 0 Å². The Morgan fingerprint density at radius 2 is 1.87 bits per heavy atom. The summed E-state index contributed by atoms with van der Waals surface area (Å²) in [5.41, 5.74) is 9.08. The number of nitrogens with one attached hydrogen (secondary N) is 2. The Bertz CT molecular complexity index is 1050. The summed E-state index contributed by atoms with van der Waals surface area (Å²) in [5, 5.41) is 3.19. The molecule has 160 valence electrons. The van der Waals surface area contributed by atoms with E-state index in [2.05, 4.69) is 68.3 Å². The second-order valence-corrected chi connectivity index (χ2v) is 7.88. The molecule has 0 amide bonds. The number of likely N-dealkylation sites (N-methyl/N-ethyl adjacent to an activating group) is 1. The lowest BCUT2D eigenvalue weighted by Gasteiger charge is -2.34. The number of benzene rings is 1. The molecule has 9 nitrogen and oxygen atoms in total. The number of rotatable bonds is 7. The summed E-state index contributed by atoms with van der Waals surface area (Å²) in [7, 11) is 2.15. The molecule has 1 aliphatic heterocycles. The number of aromatic nitrogens is 4. The number of nitrogen functional groups attached to an aromatic ring is 1. The summed E-state index contributed by atoms with van der Waals surface area (Å²) in [6, 6.07) is 8.40. The number of anilines is 3. The van der Waals surface area contributed by atoms with Crippen molar-refractivity contribution >= 4 is 28.6 Å². The Morgan fingerprint density at radius 3 is 2.57 bits per heavy atom. The molecule has 3 aromatic rings. The number of nitrogens with two attached hydrogens (primary N) is 1. The quantitative estimate of drug-likeness (QED) is 0.509. The number of unbranched alkanes of at least 4 members (excludes halogenated alkanes) is 1. The van der Waals surface area contributed by atoms with Gasteiger partial charge in [0.1, 0.15) is 5.52 Å². The number of nitrogens with zero attached hydrogens (tertiary/aromatic N) is 5. The van der Waals surface area contributed by atoms with Gasteiger partial charge >= 0.3 is 5.69 Å². The zero-order chi connectivity index (χ0) is 21.1. The van der Waals surface area contributed by atoms with Crippen molar-refractivity contribution in [3.05, 3.63) is 40.3 Å². The topological polar surface area (TPSA) is 108 Å². The number of aromatic amines is 1. The molecule has 9 heteroatoms. The van der Waals surface area contributed by atoms with Gasteiger partial charge in [0, 0.05) is 38.4 Å². The second kappa shape index (κ2) is 8.74. The van der Waals surface area contributed by atoms with Crippen molar-refractivity contribution in [1.82, 2.24) is 24.4 Å². The van der Waals surface area contributed by atoms with Crippen molar-refractivity contribution in [1.29, 1.82) is 0 Å². The molecule has 1 aromatic carbocycles. The first-order valence-corrected chi connectivity index (χ1v) is 10.6. The number of fused-ring (bicyclic) bond motifs is 1. The molecular weight excluding hydrogens is 380 g/mol. The molecule has 1 aliphatic rings. The fourth-order valence-corrected chi connectivity index (χ4v) is 3.71. The smallest absolute Gasteiger partial charge is 0.328 e. The van der Waals surface area contributed by atoms with E-state index >= 15 is 0 Å². The highest BCUT2D eigenvalue weighted by Gasteiger charge is 2.16. The Hall–Kier alpha value is -3.07. The van der Waals surface area contributed by atoms with Crippen molar-refractivity contribution in [3.8, 4) is 0 Å². The molecule has 30 heavy (non-hydrogen) atoms. The standard InChI is InChI=1S/C21H30N8O/c1-3-4-9-23-20-25-18(22)17-19(26-20)29(21(30)24-17)14-15-5-7-16(8-6-15)28-12-10-27(2)11-13-28/h5-8H,3-4,9-14H2,1-2H3,(H,24,30)(H3,22,23,25,26). The van der Waals surface area contributed by atoms with Gasteiger partial charge in [-0.2, -0.15) is 9.97 Å². The molecule has 0 saturated carbocycles. The lowest BCUT2D eigenvalue weighted by Crippen LogP contribution is -2.44. The molecule has 3 heterocycles. The van der Waals surface area contributed by atoms with Gasteiger partial charge in [-0.25, -0.2) is 4.79 Å². The van der Waals surface area contributed by atoms with E-state index in [4.69, 9.17) is 5.73 Å². The van der Waals surface area contributed by atoms with Crippen molar-refractivity contribution in [2.75, 3.05) is 55.7 Å². The molecule has 1 saturated heterocycles. The minimum absolute atomic E-state index is 0.236. The van der Waals surface area contributed by atoms with Crippen LogP contribution in [0.2, 0.25) is 0 Å². The third-order valence-electron chi connectivity index (χ3n) is 5.61. The van der Waals surface area contributed by atoms with Gasteiger partial charge in [0.25, 0.3) is 0 Å². The van der Waals surface area contributed by atoms with Crippen molar-refractivity contribution < 1.29 is 0 Å². The molecule has 4 N–H and O–H groups in total. The summed E-state index contributed by atoms with van der Waals surface area (Å²) in [6.07, 6.45) is 2.09. The molecule has 4 rings (SSSR count). The maximum absolute atomic E-state index is 12.6. The van der Waals surface area contributed by atoms with Gasteiger partial charge in [-0.15, -0.1) is 0 Å². The van der Waals surface area contributed by atoms with Crippen LogP contribution in [0.1, 0.15) is 25.3 Å². The molecule has 0 spiro atoms. The van der Waals surface area contributed by atoms with E-state index in [1.54, 1.807) is 4.57 Å². The number of imidazole rings is 1. The average molecular weight is 411 g/mol. The van der Waals surface area contributed by atoms with E-state index in [0.717, 1.165) is 51.1 Å². The van der Waals surface area contributed by atoms with Gasteiger partial charge < -0.3 is 25.8 Å². The van der Waals surface area contributed by atoms with E-state index in [0.29, 0.717) is 23.7 Å². The molecule has 0 radical (unpaired) electrons. The first kappa shape index (κ1) is 20.2. The largest absolute Gasteiger partial charge is 0.382 e. The van der Waals surface area contributed by atoms with E-state index in [-0.39, 0.29) is 11.5 Å². The van der Waals surface area contributed by atoms with Crippen LogP contribution in [0.5, 0.6) is 0 Å². The monoisotopic (exact) mass is 410 g/mol. The number of hydrogen-bond donors (Lipinski definition) is 3. The van der Waals surface area contributed by atoms with Gasteiger partial charge in [-0.3, -0.25) is 4.57 Å². The Balaban J connectivity index is 1.55. The predicted octanol–water partition coefficient (Wildman–Crippen LogP) is 1.71. The lowest BCUT2D eigenvalue weighted by molar-refractivity contribution is 0.313. The van der Waals surface area contributed by atoms with Crippen molar-refractivity contribution in [3.63, 3.8) is 0 Å². The van der Waals surface area contributed by atoms with Crippen LogP contribution in [0.15, 0.2) is 29.1 Å². The van der Waals surface area contributed by atoms with Gasteiger partial charge in [-0.1, -0.05) is 25.5 Å². The third kappa shape index (κ3) is 4.25. The van der Waals surface area contributed by atoms with Crippen LogP contribution < -0.4 is 21.6 Å². The number of hydrogen-bond acceptors (Lipinski definition) is 7. The summed E-state index contributed by atoms with van der Waals surface area (Å²) >= 11 is 0. The van der Waals surface area contributed by atoms with Gasteiger partial charge in [0.15, 0.2) is 11.5 Å². The Labute approximate surface area is 175 Å². The first-order valence-electron chi connectivity index (χ1n) is 10.6. The van der Waals surface area contributed by atoms with Gasteiger partial charge in [-0.05, 0) is 31.2 Å². The molecule has 2 aromatic heterocycles. The van der Waals surface area contributed by atoms with Crippen LogP contribution in [0.4, 0.5) is 17.5 Å². The first-order chi connectivity index (χ1) is 14.5. The fourth-order valence-electron chi connectivity index (χ4n) is 3.71. The molecule has 0 aliphatic carbocycles. The van der Waals surface area contributed by atoms with Gasteiger partial charge in [0.2, 0.25) is 5.95 Å². The van der Waals surface area contributed by atoms with Crippen LogP contribution in [-0.2, 0) is 6.54 Å². The molecule has 0 atom stereocenters. The molecular formula is C21H30N8O. The summed E-state index contributed by atoms with van der Waals surface area (Å²) < 4.78 is 1.61. The van der Waals surface area contributed by atoms with Crippen LogP contribution in [-0.4, -0.2) is 64.2 Å². The Morgan fingerprint density at radius 1 is 1.13 bits per heavy atom. The van der Waals surface area contributed by atoms with Crippen molar-refractivity contribution in [2.45, 2.75) is 26.3 Å². The third-order valence-corrected chi connectivity index (χ3v) is 5.61. The zero-order valence-corrected chi connectivity index (χ0v) is 17.7. The zero-order valence-electron chi connectivity index (χ0n) is 17.7. The normalized spacial score (nSPS) is 15.1. The summed E-state index contributed by atoms with van der Waals surface area (Å²) in [6.45, 7) is 7.52. The maximum atomic E-state index is 12.6. The summed E-state index contributed by atoms with van der Waals surface area (Å²) in [4.78, 5) is 28.9. The van der Waals surface area contributed by atoms with E-state index in [1.165, 1.54) is 5.69 Å². The fraction of sp³-hybridized carbons (Fsp3) is 0.476. The molecule has 0 bridgehead atoms. The predicted molar refractivity (Wildman–Crippen MR) is 121 cm³/mol. The average Bonchev–Trinajstić information content (AvgIpc) is 3.06. The summed E-state index contributed by atoms with van der Waals surface area (Å²) in [5.74, 6) is 0.729. The van der Waals surface area contributed by atoms with E-state index < -0.39 is 0 Å². The number of piperazine rings is 1. The highest BCUT2D eigenvalue weighted by Crippen LogP contribution is 2.20. The second-order valence-electron chi connectivity index (χ2n) is 7.88. The van der Waals surface area contributed by atoms with E-state index in [9.17, 15) is 4.79 Å². The van der Waals surface area contributed by atoms with Gasteiger partial charge in [0.05, 0.1) is 6.54 Å². The number of H-pyrrole nitrogens is 1. The maximum Gasteiger partial charge on any atom is 0.328 e. The Kier molecular flexibility index (Phi) is 5.89. The van der Waals surface area contributed by atoms with Crippen LogP contribution in [0.3, 0.4) is 0 Å². The van der Waals surface area contributed by atoms with Crippen molar-refractivity contribution in [2.24, 2.45) is 0 Å². The molecule has 0 unspecified atom stereocenters. The van der Waals surface area contributed by atoms with Crippen LogP contribution >= 0.6 is 0 Å². The minimum Gasteiger partial charge on any atom is -0.382 e. The van der Waals surface area contributed by atoms with Crippen LogP contribution in [0, 0.1) is 0 Å². The van der Waals surface area contributed by atoms with Crippen LogP contribution in [0.25, 0.3) is 11.2 Å². The highest BCUT2D eigenvalue weighted by atomic mass is 16.1. The minimum atomic E-state index is -0.236. The highest BCUT2D eigenvalue weighted by molar-refractivity contribution is 5.82. The SMILES string of the molecule is CCCCNc1nc(N)c2[nH]c(=O)n(Cc3ccc(N4CCN(C)CC4)cc3)c2n1.